The van der Waals surface area contributed by atoms with Crippen LogP contribution in [-0.4, -0.2) is 21.9 Å². The lowest BCUT2D eigenvalue weighted by Crippen LogP contribution is -2.18. The zero-order chi connectivity index (χ0) is 11.1. The van der Waals surface area contributed by atoms with E-state index >= 15 is 0 Å². The van der Waals surface area contributed by atoms with Gasteiger partial charge in [-0.2, -0.15) is 0 Å². The molecule has 6 N–H and O–H groups in total. The first-order valence-corrected chi connectivity index (χ1v) is 3.64. The molecule has 1 aromatic heterocycles. The second kappa shape index (κ2) is 5.70. The monoisotopic (exact) mass is 217 g/mol. The molecule has 0 aliphatic carbocycles. The average Bonchev–Trinajstić information content (AvgIpc) is 2.03. The largest absolute Gasteiger partial charge is 0.364 e. The maximum absolute atomic E-state index is 10.5. The molecule has 0 aliphatic rings. The van der Waals surface area contributed by atoms with Crippen molar-refractivity contribution in [3.05, 3.63) is 23.2 Å². The third-order valence-electron chi connectivity index (χ3n) is 0.887. The summed E-state index contributed by atoms with van der Waals surface area (Å²) >= 11 is 5.44. The minimum atomic E-state index is -0.833. The number of amides is 3. The maximum atomic E-state index is 10.5. The molecule has 0 radical (unpaired) electrons. The van der Waals surface area contributed by atoms with Gasteiger partial charge >= 0.3 is 6.03 Å². The van der Waals surface area contributed by atoms with Crippen molar-refractivity contribution in [3.8, 4) is 0 Å². The Morgan fingerprint density at radius 1 is 1.14 bits per heavy atom. The fourth-order valence-electron chi connectivity index (χ4n) is 0.486. The van der Waals surface area contributed by atoms with E-state index in [0.29, 0.717) is 0 Å². The van der Waals surface area contributed by atoms with E-state index in [4.69, 9.17) is 22.1 Å². The number of halogens is 1. The third kappa shape index (κ3) is 4.88. The van der Waals surface area contributed by atoms with Crippen LogP contribution in [0.4, 0.5) is 4.79 Å². The SMILES string of the molecule is NC(=O)c1nccnc1Cl.NC(N)=O. The second-order valence-corrected chi connectivity index (χ2v) is 2.32. The predicted molar refractivity (Wildman–Crippen MR) is 49.3 cm³/mol. The lowest BCUT2D eigenvalue weighted by Gasteiger charge is -1.93. The van der Waals surface area contributed by atoms with Gasteiger partial charge in [-0.05, 0) is 0 Å². The van der Waals surface area contributed by atoms with Crippen molar-refractivity contribution >= 4 is 23.5 Å². The molecule has 0 spiro atoms. The third-order valence-corrected chi connectivity index (χ3v) is 1.16. The van der Waals surface area contributed by atoms with Gasteiger partial charge in [0.2, 0.25) is 0 Å². The van der Waals surface area contributed by atoms with Crippen molar-refractivity contribution in [2.24, 2.45) is 17.2 Å². The first kappa shape index (κ1) is 12.1. The molecule has 76 valence electrons. The van der Waals surface area contributed by atoms with E-state index in [2.05, 4.69) is 21.4 Å². The maximum Gasteiger partial charge on any atom is 0.309 e. The van der Waals surface area contributed by atoms with Crippen molar-refractivity contribution < 1.29 is 9.59 Å². The van der Waals surface area contributed by atoms with Crippen molar-refractivity contribution in [2.45, 2.75) is 0 Å². The summed E-state index contributed by atoms with van der Waals surface area (Å²) in [5, 5.41) is 0.0370. The molecule has 8 heteroatoms. The summed E-state index contributed by atoms with van der Waals surface area (Å²) in [4.78, 5) is 26.7. The number of primary amides is 3. The van der Waals surface area contributed by atoms with Crippen molar-refractivity contribution in [1.82, 2.24) is 9.97 Å². The Labute approximate surface area is 84.3 Å². The summed E-state index contributed by atoms with van der Waals surface area (Å²) in [5.41, 5.74) is 13.4. The van der Waals surface area contributed by atoms with Gasteiger partial charge in [-0.1, -0.05) is 11.6 Å². The number of nitrogens with two attached hydrogens (primary N) is 3. The van der Waals surface area contributed by atoms with Gasteiger partial charge in [0, 0.05) is 12.4 Å². The van der Waals surface area contributed by atoms with E-state index in [-0.39, 0.29) is 10.8 Å². The first-order chi connectivity index (χ1) is 6.45. The molecule has 0 unspecified atom stereocenters. The molecule has 0 bridgehead atoms. The molecule has 0 aliphatic heterocycles. The summed E-state index contributed by atoms with van der Waals surface area (Å²) < 4.78 is 0. The van der Waals surface area contributed by atoms with Gasteiger partial charge in [0.25, 0.3) is 5.91 Å². The zero-order valence-corrected chi connectivity index (χ0v) is 7.73. The molecule has 0 atom stereocenters. The molecule has 14 heavy (non-hydrogen) atoms. The second-order valence-electron chi connectivity index (χ2n) is 1.96. The fourth-order valence-corrected chi connectivity index (χ4v) is 0.685. The topological polar surface area (TPSA) is 138 Å². The molecule has 7 nitrogen and oxygen atoms in total. The van der Waals surface area contributed by atoms with E-state index in [1.54, 1.807) is 0 Å². The summed E-state index contributed by atoms with van der Waals surface area (Å²) in [5.74, 6) is -0.668. The fraction of sp³-hybridized carbons (Fsp3) is 0. The molecule has 0 saturated heterocycles. The van der Waals surface area contributed by atoms with E-state index in [9.17, 15) is 4.79 Å². The number of urea groups is 1. The number of aromatic nitrogens is 2. The summed E-state index contributed by atoms with van der Waals surface area (Å²) in [7, 11) is 0. The number of carbonyl (C=O) groups excluding carboxylic acids is 2. The average molecular weight is 218 g/mol. The molecule has 0 fully saturated rings. The highest BCUT2D eigenvalue weighted by Crippen LogP contribution is 2.06. The van der Waals surface area contributed by atoms with E-state index in [0.717, 1.165) is 0 Å². The molecular weight excluding hydrogens is 210 g/mol. The number of hydrogen-bond donors (Lipinski definition) is 3. The van der Waals surface area contributed by atoms with Crippen LogP contribution in [0.5, 0.6) is 0 Å². The normalized spacial score (nSPS) is 8.36. The van der Waals surface area contributed by atoms with Gasteiger partial charge in [0.15, 0.2) is 10.8 Å². The van der Waals surface area contributed by atoms with E-state index < -0.39 is 11.9 Å². The Balaban J connectivity index is 0.000000364. The lowest BCUT2D eigenvalue weighted by molar-refractivity contribution is 0.0995. The van der Waals surface area contributed by atoms with Crippen molar-refractivity contribution in [1.29, 1.82) is 0 Å². The Kier molecular flexibility index (Phi) is 4.93. The Morgan fingerprint density at radius 3 is 1.86 bits per heavy atom. The molecular formula is C6H8ClN5O2. The molecule has 1 aromatic rings. The molecule has 1 rings (SSSR count). The number of nitrogens with zero attached hydrogens (tertiary/aromatic N) is 2. The minimum Gasteiger partial charge on any atom is -0.364 e. The smallest absolute Gasteiger partial charge is 0.309 e. The molecule has 3 amide bonds. The number of carbonyl (C=O) groups is 2. The quantitative estimate of drug-likeness (QED) is 0.570. The van der Waals surface area contributed by atoms with Crippen LogP contribution in [0, 0.1) is 0 Å². The highest BCUT2D eigenvalue weighted by atomic mass is 35.5. The zero-order valence-electron chi connectivity index (χ0n) is 6.98. The van der Waals surface area contributed by atoms with Crippen LogP contribution in [0.3, 0.4) is 0 Å². The molecule has 0 aromatic carbocycles. The Morgan fingerprint density at radius 2 is 1.57 bits per heavy atom. The van der Waals surface area contributed by atoms with Crippen LogP contribution in [-0.2, 0) is 0 Å². The van der Waals surface area contributed by atoms with Crippen LogP contribution in [0.25, 0.3) is 0 Å². The van der Waals surface area contributed by atoms with Crippen LogP contribution < -0.4 is 17.2 Å². The van der Waals surface area contributed by atoms with Crippen LogP contribution in [0.15, 0.2) is 12.4 Å². The minimum absolute atomic E-state index is 0.00386. The molecule has 0 saturated carbocycles. The van der Waals surface area contributed by atoms with E-state index in [1.807, 2.05) is 0 Å². The van der Waals surface area contributed by atoms with Gasteiger partial charge in [-0.3, -0.25) is 4.79 Å². The van der Waals surface area contributed by atoms with Gasteiger partial charge in [0.1, 0.15) is 0 Å². The van der Waals surface area contributed by atoms with Crippen LogP contribution in [0.1, 0.15) is 10.5 Å². The van der Waals surface area contributed by atoms with Gasteiger partial charge in [0.05, 0.1) is 0 Å². The Hall–Kier alpha value is -1.89. The lowest BCUT2D eigenvalue weighted by atomic mass is 10.4. The molecule has 1 heterocycles. The van der Waals surface area contributed by atoms with Gasteiger partial charge in [-0.25, -0.2) is 14.8 Å². The van der Waals surface area contributed by atoms with Gasteiger partial charge in [-0.15, -0.1) is 0 Å². The highest BCUT2D eigenvalue weighted by Gasteiger charge is 2.06. The first-order valence-electron chi connectivity index (χ1n) is 3.26. The Bertz CT molecular complexity index is 339. The van der Waals surface area contributed by atoms with Crippen molar-refractivity contribution in [2.75, 3.05) is 0 Å². The van der Waals surface area contributed by atoms with E-state index in [1.165, 1.54) is 12.4 Å². The van der Waals surface area contributed by atoms with Crippen molar-refractivity contribution in [3.63, 3.8) is 0 Å². The number of hydrogen-bond acceptors (Lipinski definition) is 4. The predicted octanol–water partition coefficient (Wildman–Crippen LogP) is -0.747. The number of rotatable bonds is 1. The van der Waals surface area contributed by atoms with Crippen LogP contribution in [0.2, 0.25) is 5.15 Å². The van der Waals surface area contributed by atoms with Gasteiger partial charge < -0.3 is 17.2 Å². The summed E-state index contributed by atoms with van der Waals surface area (Å²) in [6, 6.07) is -0.833. The summed E-state index contributed by atoms with van der Waals surface area (Å²) in [6.45, 7) is 0. The summed E-state index contributed by atoms with van der Waals surface area (Å²) in [6.07, 6.45) is 2.74. The highest BCUT2D eigenvalue weighted by molar-refractivity contribution is 6.32. The standard InChI is InChI=1S/C5H4ClN3O.CH4N2O/c6-4-3(5(7)10)8-1-2-9-4;2-1(3)4/h1-2H,(H2,7,10);(H4,2,3,4). The van der Waals surface area contributed by atoms with Crippen LogP contribution >= 0.6 is 11.6 Å².